The first-order chi connectivity index (χ1) is 7.11. The van der Waals surface area contributed by atoms with Crippen LogP contribution in [0, 0.1) is 0 Å². The molecule has 1 aromatic heterocycles. The van der Waals surface area contributed by atoms with E-state index in [4.69, 9.17) is 4.42 Å². The molecule has 86 valence electrons. The molecule has 3 heteroatoms. The maximum Gasteiger partial charge on any atom is 0.0950 e. The van der Waals surface area contributed by atoms with Crippen LogP contribution in [0.15, 0.2) is 23.0 Å². The fourth-order valence-electron chi connectivity index (χ4n) is 1.48. The van der Waals surface area contributed by atoms with Crippen molar-refractivity contribution in [3.05, 3.63) is 24.2 Å². The summed E-state index contributed by atoms with van der Waals surface area (Å²) in [6, 6.07) is 2.16. The van der Waals surface area contributed by atoms with Gasteiger partial charge in [0.25, 0.3) is 0 Å². The standard InChI is InChI=1S/C12H21NO2/c1-4-12(14,5-2)9-13-10(3)11-6-7-15-8-11/h6-8,10,13-14H,4-5,9H2,1-3H3. The van der Waals surface area contributed by atoms with E-state index >= 15 is 0 Å². The Kier molecular flexibility index (Phi) is 4.36. The van der Waals surface area contributed by atoms with Crippen LogP contribution in [0.25, 0.3) is 0 Å². The third-order valence-corrected chi connectivity index (χ3v) is 3.10. The normalized spacial score (nSPS) is 14.1. The van der Waals surface area contributed by atoms with E-state index in [1.807, 2.05) is 19.9 Å². The number of hydrogen-bond acceptors (Lipinski definition) is 3. The number of nitrogens with one attached hydrogen (secondary N) is 1. The van der Waals surface area contributed by atoms with Gasteiger partial charge in [-0.3, -0.25) is 0 Å². The van der Waals surface area contributed by atoms with Gasteiger partial charge in [0.1, 0.15) is 0 Å². The fraction of sp³-hybridized carbons (Fsp3) is 0.667. The molecule has 0 bridgehead atoms. The molecule has 0 aliphatic carbocycles. The fourth-order valence-corrected chi connectivity index (χ4v) is 1.48. The van der Waals surface area contributed by atoms with Gasteiger partial charge < -0.3 is 14.8 Å². The summed E-state index contributed by atoms with van der Waals surface area (Å²) in [6.45, 7) is 6.70. The Morgan fingerprint density at radius 3 is 2.60 bits per heavy atom. The molecule has 1 rings (SSSR count). The van der Waals surface area contributed by atoms with Gasteiger partial charge in [-0.1, -0.05) is 13.8 Å². The van der Waals surface area contributed by atoms with Crippen LogP contribution in [-0.4, -0.2) is 17.3 Å². The number of hydrogen-bond donors (Lipinski definition) is 2. The lowest BCUT2D eigenvalue weighted by molar-refractivity contribution is 0.0303. The van der Waals surface area contributed by atoms with Gasteiger partial charge in [-0.05, 0) is 25.8 Å². The summed E-state index contributed by atoms with van der Waals surface area (Å²) in [6.07, 6.45) is 4.94. The molecule has 0 aromatic carbocycles. The molecule has 1 heterocycles. The SMILES string of the molecule is CCC(O)(CC)CNC(C)c1ccoc1. The highest BCUT2D eigenvalue weighted by Crippen LogP contribution is 2.17. The van der Waals surface area contributed by atoms with Gasteiger partial charge in [0.15, 0.2) is 0 Å². The highest BCUT2D eigenvalue weighted by atomic mass is 16.3. The summed E-state index contributed by atoms with van der Waals surface area (Å²) in [5.74, 6) is 0. The zero-order valence-electron chi connectivity index (χ0n) is 9.79. The first-order valence-corrected chi connectivity index (χ1v) is 5.59. The van der Waals surface area contributed by atoms with Gasteiger partial charge in [-0.15, -0.1) is 0 Å². The average molecular weight is 211 g/mol. The highest BCUT2D eigenvalue weighted by molar-refractivity contribution is 5.10. The van der Waals surface area contributed by atoms with Crippen molar-refractivity contribution in [1.29, 1.82) is 0 Å². The minimum Gasteiger partial charge on any atom is -0.472 e. The van der Waals surface area contributed by atoms with E-state index in [9.17, 15) is 5.11 Å². The Bertz CT molecular complexity index is 265. The van der Waals surface area contributed by atoms with Crippen LogP contribution in [0.3, 0.4) is 0 Å². The van der Waals surface area contributed by atoms with Crippen LogP contribution in [0.2, 0.25) is 0 Å². The lowest BCUT2D eigenvalue weighted by Gasteiger charge is -2.27. The second kappa shape index (κ2) is 5.33. The van der Waals surface area contributed by atoms with Crippen LogP contribution >= 0.6 is 0 Å². The van der Waals surface area contributed by atoms with E-state index in [0.717, 1.165) is 18.4 Å². The molecule has 1 atom stereocenters. The Morgan fingerprint density at radius 2 is 2.13 bits per heavy atom. The first kappa shape index (κ1) is 12.3. The second-order valence-corrected chi connectivity index (χ2v) is 4.09. The Morgan fingerprint density at radius 1 is 1.47 bits per heavy atom. The van der Waals surface area contributed by atoms with Crippen LogP contribution in [-0.2, 0) is 0 Å². The van der Waals surface area contributed by atoms with Crippen molar-refractivity contribution >= 4 is 0 Å². The molecule has 0 spiro atoms. The summed E-state index contributed by atoms with van der Waals surface area (Å²) in [7, 11) is 0. The van der Waals surface area contributed by atoms with Crippen molar-refractivity contribution in [3.63, 3.8) is 0 Å². The van der Waals surface area contributed by atoms with Gasteiger partial charge in [0, 0.05) is 18.2 Å². The largest absolute Gasteiger partial charge is 0.472 e. The topological polar surface area (TPSA) is 45.4 Å². The molecule has 0 amide bonds. The molecule has 0 fully saturated rings. The van der Waals surface area contributed by atoms with Crippen molar-refractivity contribution < 1.29 is 9.52 Å². The lowest BCUT2D eigenvalue weighted by atomic mass is 9.97. The zero-order chi connectivity index (χ0) is 11.3. The van der Waals surface area contributed by atoms with Crippen molar-refractivity contribution in [1.82, 2.24) is 5.32 Å². The zero-order valence-corrected chi connectivity index (χ0v) is 9.79. The molecule has 1 unspecified atom stereocenters. The smallest absolute Gasteiger partial charge is 0.0950 e. The third-order valence-electron chi connectivity index (χ3n) is 3.10. The number of aliphatic hydroxyl groups is 1. The highest BCUT2D eigenvalue weighted by Gasteiger charge is 2.22. The Hall–Kier alpha value is -0.800. The van der Waals surface area contributed by atoms with E-state index in [0.29, 0.717) is 6.54 Å². The van der Waals surface area contributed by atoms with E-state index < -0.39 is 5.60 Å². The predicted molar refractivity (Wildman–Crippen MR) is 60.7 cm³/mol. The van der Waals surface area contributed by atoms with Gasteiger partial charge in [0.05, 0.1) is 18.1 Å². The summed E-state index contributed by atoms with van der Waals surface area (Å²) in [5.41, 5.74) is 0.530. The minimum absolute atomic E-state index is 0.216. The minimum atomic E-state index is -0.585. The molecule has 3 nitrogen and oxygen atoms in total. The van der Waals surface area contributed by atoms with Crippen LogP contribution < -0.4 is 5.32 Å². The van der Waals surface area contributed by atoms with Crippen molar-refractivity contribution in [2.75, 3.05) is 6.54 Å². The lowest BCUT2D eigenvalue weighted by Crippen LogP contribution is -2.40. The molecule has 0 aliphatic heterocycles. The van der Waals surface area contributed by atoms with E-state index in [1.165, 1.54) is 0 Å². The third kappa shape index (κ3) is 3.36. The average Bonchev–Trinajstić information content (AvgIpc) is 2.79. The van der Waals surface area contributed by atoms with E-state index in [1.54, 1.807) is 12.5 Å². The van der Waals surface area contributed by atoms with E-state index in [2.05, 4.69) is 12.2 Å². The molecule has 15 heavy (non-hydrogen) atoms. The molecule has 0 radical (unpaired) electrons. The quantitative estimate of drug-likeness (QED) is 0.760. The predicted octanol–water partition coefficient (Wildman–Crippen LogP) is 2.48. The van der Waals surface area contributed by atoms with Gasteiger partial charge in [0.2, 0.25) is 0 Å². The maximum absolute atomic E-state index is 10.1. The molecular weight excluding hydrogens is 190 g/mol. The van der Waals surface area contributed by atoms with Crippen LogP contribution in [0.5, 0.6) is 0 Å². The molecule has 0 aliphatic rings. The second-order valence-electron chi connectivity index (χ2n) is 4.09. The van der Waals surface area contributed by atoms with Crippen molar-refractivity contribution in [3.8, 4) is 0 Å². The number of rotatable bonds is 6. The van der Waals surface area contributed by atoms with Gasteiger partial charge in [-0.25, -0.2) is 0 Å². The Balaban J connectivity index is 2.43. The van der Waals surface area contributed by atoms with Crippen LogP contribution in [0.4, 0.5) is 0 Å². The maximum atomic E-state index is 10.1. The van der Waals surface area contributed by atoms with Crippen LogP contribution in [0.1, 0.15) is 45.2 Å². The molecule has 0 saturated carbocycles. The Labute approximate surface area is 91.5 Å². The molecule has 1 aromatic rings. The summed E-state index contributed by atoms with van der Waals surface area (Å²) < 4.78 is 5.02. The van der Waals surface area contributed by atoms with E-state index in [-0.39, 0.29) is 6.04 Å². The van der Waals surface area contributed by atoms with Crippen molar-refractivity contribution in [2.24, 2.45) is 0 Å². The molecule has 0 saturated heterocycles. The monoisotopic (exact) mass is 211 g/mol. The van der Waals surface area contributed by atoms with Crippen molar-refractivity contribution in [2.45, 2.75) is 45.3 Å². The molecule has 2 N–H and O–H groups in total. The first-order valence-electron chi connectivity index (χ1n) is 5.59. The van der Waals surface area contributed by atoms with Gasteiger partial charge in [-0.2, -0.15) is 0 Å². The summed E-state index contributed by atoms with van der Waals surface area (Å²) in [5, 5.41) is 13.4. The summed E-state index contributed by atoms with van der Waals surface area (Å²) in [4.78, 5) is 0. The number of furan rings is 1. The summed E-state index contributed by atoms with van der Waals surface area (Å²) >= 11 is 0. The van der Waals surface area contributed by atoms with Gasteiger partial charge >= 0.3 is 0 Å². The molecular formula is C12H21NO2.